The molecule has 0 aromatic heterocycles. The lowest BCUT2D eigenvalue weighted by atomic mass is 10.1. The van der Waals surface area contributed by atoms with E-state index in [-0.39, 0.29) is 11.9 Å². The average Bonchev–Trinajstić information content (AvgIpc) is 2.54. The molecule has 4 heteroatoms. The average molecular weight is 310 g/mol. The summed E-state index contributed by atoms with van der Waals surface area (Å²) in [7, 11) is 0. The molecule has 0 spiro atoms. The molecule has 4 nitrogen and oxygen atoms in total. The van der Waals surface area contributed by atoms with Crippen LogP contribution < -0.4 is 15.8 Å². The molecular formula is C19H22N2O2. The van der Waals surface area contributed by atoms with Gasteiger partial charge in [0.05, 0.1) is 11.7 Å². The van der Waals surface area contributed by atoms with E-state index in [0.29, 0.717) is 23.6 Å². The van der Waals surface area contributed by atoms with Gasteiger partial charge in [0, 0.05) is 5.56 Å². The van der Waals surface area contributed by atoms with E-state index in [2.05, 4.69) is 11.9 Å². The van der Waals surface area contributed by atoms with Crippen molar-refractivity contribution in [3.05, 3.63) is 71.8 Å². The van der Waals surface area contributed by atoms with Crippen molar-refractivity contribution in [3.8, 4) is 5.75 Å². The Kier molecular flexibility index (Phi) is 5.41. The van der Waals surface area contributed by atoms with Crippen LogP contribution in [0.25, 0.3) is 0 Å². The predicted octanol–water partition coefficient (Wildman–Crippen LogP) is 3.71. The van der Waals surface area contributed by atoms with Crippen LogP contribution in [-0.2, 0) is 0 Å². The normalized spacial score (nSPS) is 11.6. The van der Waals surface area contributed by atoms with E-state index in [1.165, 1.54) is 0 Å². The Morgan fingerprint density at radius 3 is 2.61 bits per heavy atom. The number of nitrogens with one attached hydrogen (secondary N) is 1. The molecule has 0 saturated heterocycles. The van der Waals surface area contributed by atoms with Crippen LogP contribution >= 0.6 is 0 Å². The van der Waals surface area contributed by atoms with Crippen LogP contribution in [0.2, 0.25) is 0 Å². The van der Waals surface area contributed by atoms with E-state index in [1.54, 1.807) is 18.2 Å². The van der Waals surface area contributed by atoms with Crippen molar-refractivity contribution in [2.75, 3.05) is 12.3 Å². The highest BCUT2D eigenvalue weighted by molar-refractivity contribution is 5.95. The molecule has 0 aliphatic carbocycles. The molecule has 1 atom stereocenters. The number of benzene rings is 2. The summed E-state index contributed by atoms with van der Waals surface area (Å²) in [5.74, 6) is 0.328. The SMILES string of the molecule is C=C(C)COc1cc(C(=O)NC(C)c2ccccc2)ccc1N. The van der Waals surface area contributed by atoms with E-state index >= 15 is 0 Å². The second kappa shape index (κ2) is 7.49. The Hall–Kier alpha value is -2.75. The van der Waals surface area contributed by atoms with E-state index in [0.717, 1.165) is 11.1 Å². The van der Waals surface area contributed by atoms with Crippen molar-refractivity contribution >= 4 is 11.6 Å². The van der Waals surface area contributed by atoms with Crippen LogP contribution in [0.1, 0.15) is 35.8 Å². The van der Waals surface area contributed by atoms with Gasteiger partial charge in [-0.2, -0.15) is 0 Å². The smallest absolute Gasteiger partial charge is 0.251 e. The summed E-state index contributed by atoms with van der Waals surface area (Å²) in [5.41, 5.74) is 8.83. The predicted molar refractivity (Wildman–Crippen MR) is 93.5 cm³/mol. The van der Waals surface area contributed by atoms with Crippen LogP contribution in [0.3, 0.4) is 0 Å². The van der Waals surface area contributed by atoms with E-state index in [4.69, 9.17) is 10.5 Å². The molecule has 0 aliphatic rings. The summed E-state index contributed by atoms with van der Waals surface area (Å²) >= 11 is 0. The lowest BCUT2D eigenvalue weighted by molar-refractivity contribution is 0.0939. The largest absolute Gasteiger partial charge is 0.487 e. The zero-order valence-electron chi connectivity index (χ0n) is 13.5. The fraction of sp³-hybridized carbons (Fsp3) is 0.211. The maximum Gasteiger partial charge on any atom is 0.251 e. The van der Waals surface area contributed by atoms with Gasteiger partial charge in [-0.15, -0.1) is 0 Å². The van der Waals surface area contributed by atoms with Gasteiger partial charge in [-0.25, -0.2) is 0 Å². The first kappa shape index (κ1) is 16.6. The topological polar surface area (TPSA) is 64.3 Å². The Labute approximate surface area is 137 Å². The van der Waals surface area contributed by atoms with Crippen LogP contribution in [0.5, 0.6) is 5.75 Å². The van der Waals surface area contributed by atoms with E-state index < -0.39 is 0 Å². The number of carbonyl (C=O) groups is 1. The molecule has 0 bridgehead atoms. The third-order valence-corrected chi connectivity index (χ3v) is 3.40. The molecule has 0 saturated carbocycles. The monoisotopic (exact) mass is 310 g/mol. The van der Waals surface area contributed by atoms with Gasteiger partial charge in [-0.3, -0.25) is 4.79 Å². The lowest BCUT2D eigenvalue weighted by Crippen LogP contribution is -2.26. The Morgan fingerprint density at radius 1 is 1.26 bits per heavy atom. The highest BCUT2D eigenvalue weighted by Gasteiger charge is 2.13. The fourth-order valence-electron chi connectivity index (χ4n) is 2.11. The minimum Gasteiger partial charge on any atom is -0.487 e. The number of rotatable bonds is 6. The Bertz CT molecular complexity index is 696. The zero-order valence-corrected chi connectivity index (χ0v) is 13.5. The molecule has 0 heterocycles. The van der Waals surface area contributed by atoms with E-state index in [1.807, 2.05) is 44.2 Å². The molecule has 2 aromatic carbocycles. The van der Waals surface area contributed by atoms with Crippen molar-refractivity contribution in [3.63, 3.8) is 0 Å². The lowest BCUT2D eigenvalue weighted by Gasteiger charge is -2.15. The number of anilines is 1. The second-order valence-corrected chi connectivity index (χ2v) is 5.60. The molecule has 0 radical (unpaired) electrons. The summed E-state index contributed by atoms with van der Waals surface area (Å²) < 4.78 is 5.57. The van der Waals surface area contributed by atoms with Crippen LogP contribution in [0.4, 0.5) is 5.69 Å². The van der Waals surface area contributed by atoms with Gasteiger partial charge in [0.15, 0.2) is 0 Å². The summed E-state index contributed by atoms with van der Waals surface area (Å²) in [6, 6.07) is 14.8. The van der Waals surface area contributed by atoms with Crippen LogP contribution in [0, 0.1) is 0 Å². The van der Waals surface area contributed by atoms with Crippen LogP contribution in [-0.4, -0.2) is 12.5 Å². The molecule has 23 heavy (non-hydrogen) atoms. The number of hydrogen-bond donors (Lipinski definition) is 2. The van der Waals surface area contributed by atoms with E-state index in [9.17, 15) is 4.79 Å². The van der Waals surface area contributed by atoms with Crippen molar-refractivity contribution < 1.29 is 9.53 Å². The third kappa shape index (κ3) is 4.61. The summed E-state index contributed by atoms with van der Waals surface area (Å²) in [5, 5.41) is 2.97. The Balaban J connectivity index is 2.10. The summed E-state index contributed by atoms with van der Waals surface area (Å²) in [6.07, 6.45) is 0. The number of carbonyl (C=O) groups excluding carboxylic acids is 1. The van der Waals surface area contributed by atoms with Crippen molar-refractivity contribution in [2.24, 2.45) is 0 Å². The van der Waals surface area contributed by atoms with Gasteiger partial charge in [0.1, 0.15) is 12.4 Å². The molecule has 2 rings (SSSR count). The number of hydrogen-bond acceptors (Lipinski definition) is 3. The number of amides is 1. The molecule has 3 N–H and O–H groups in total. The third-order valence-electron chi connectivity index (χ3n) is 3.40. The van der Waals surface area contributed by atoms with Gasteiger partial charge in [-0.1, -0.05) is 36.9 Å². The highest BCUT2D eigenvalue weighted by Crippen LogP contribution is 2.23. The van der Waals surface area contributed by atoms with Gasteiger partial charge < -0.3 is 15.8 Å². The van der Waals surface area contributed by atoms with Gasteiger partial charge in [0.2, 0.25) is 0 Å². The van der Waals surface area contributed by atoms with Crippen molar-refractivity contribution in [2.45, 2.75) is 19.9 Å². The minimum absolute atomic E-state index is 0.0824. The summed E-state index contributed by atoms with van der Waals surface area (Å²) in [6.45, 7) is 7.97. The fourth-order valence-corrected chi connectivity index (χ4v) is 2.11. The quantitative estimate of drug-likeness (QED) is 0.631. The molecular weight excluding hydrogens is 288 g/mol. The molecule has 1 unspecified atom stereocenters. The van der Waals surface area contributed by atoms with Crippen LogP contribution in [0.15, 0.2) is 60.7 Å². The van der Waals surface area contributed by atoms with Gasteiger partial charge in [-0.05, 0) is 43.2 Å². The number of nitrogens with two attached hydrogens (primary N) is 1. The first-order chi connectivity index (χ1) is 11.0. The number of ether oxygens (including phenoxy) is 1. The standard InChI is InChI=1S/C19H22N2O2/c1-13(2)12-23-18-11-16(9-10-17(18)20)19(22)21-14(3)15-7-5-4-6-8-15/h4-11,14H,1,12,20H2,2-3H3,(H,21,22). The zero-order chi connectivity index (χ0) is 16.8. The van der Waals surface area contributed by atoms with Gasteiger partial charge in [0.25, 0.3) is 5.91 Å². The minimum atomic E-state index is -0.165. The van der Waals surface area contributed by atoms with Crippen molar-refractivity contribution in [1.82, 2.24) is 5.32 Å². The molecule has 0 aliphatic heterocycles. The first-order valence-corrected chi connectivity index (χ1v) is 7.50. The maximum atomic E-state index is 12.4. The molecule has 1 amide bonds. The Morgan fingerprint density at radius 2 is 1.96 bits per heavy atom. The molecule has 120 valence electrons. The second-order valence-electron chi connectivity index (χ2n) is 5.60. The van der Waals surface area contributed by atoms with Gasteiger partial charge >= 0.3 is 0 Å². The maximum absolute atomic E-state index is 12.4. The highest BCUT2D eigenvalue weighted by atomic mass is 16.5. The van der Waals surface area contributed by atoms with Crippen molar-refractivity contribution in [1.29, 1.82) is 0 Å². The molecule has 0 fully saturated rings. The molecule has 2 aromatic rings. The summed E-state index contributed by atoms with van der Waals surface area (Å²) in [4.78, 5) is 12.4. The number of nitrogen functional groups attached to an aromatic ring is 1. The first-order valence-electron chi connectivity index (χ1n) is 7.50.